The normalized spacial score (nSPS) is 19.3. The van der Waals surface area contributed by atoms with Crippen LogP contribution in [0.1, 0.15) is 47.7 Å². The topological polar surface area (TPSA) is 41.6 Å². The van der Waals surface area contributed by atoms with E-state index < -0.39 is 0 Å². The maximum absolute atomic E-state index is 12.6. The predicted molar refractivity (Wildman–Crippen MR) is 95.3 cm³/mol. The number of nitrogens with one attached hydrogen (secondary N) is 1. The summed E-state index contributed by atoms with van der Waals surface area (Å²) in [5, 5.41) is 4.00. The number of fused-ring (bicyclic) bond motifs is 1. The van der Waals surface area contributed by atoms with Gasteiger partial charge in [0.05, 0.1) is 12.0 Å². The summed E-state index contributed by atoms with van der Waals surface area (Å²) in [6, 6.07) is 4.04. The van der Waals surface area contributed by atoms with Crippen molar-refractivity contribution in [2.75, 3.05) is 19.6 Å². The smallest absolute Gasteiger partial charge is 0.170 e. The Balaban J connectivity index is 1.79. The molecule has 1 aromatic carbocycles. The van der Waals surface area contributed by atoms with Gasteiger partial charge in [-0.05, 0) is 50.2 Å². The van der Waals surface area contributed by atoms with Gasteiger partial charge in [0.1, 0.15) is 11.4 Å². The lowest BCUT2D eigenvalue weighted by Crippen LogP contribution is -2.54. The molecule has 5 heteroatoms. The van der Waals surface area contributed by atoms with Gasteiger partial charge in [0, 0.05) is 32.5 Å². The summed E-state index contributed by atoms with van der Waals surface area (Å²) in [6.45, 7) is 8.58. The highest BCUT2D eigenvalue weighted by Crippen LogP contribution is 2.41. The molecule has 2 aliphatic heterocycles. The fourth-order valence-electron chi connectivity index (χ4n) is 3.60. The number of hydrogen-bond donors (Lipinski definition) is 1. The molecule has 4 nitrogen and oxygen atoms in total. The lowest BCUT2D eigenvalue weighted by molar-refractivity contribution is 0.00306. The summed E-state index contributed by atoms with van der Waals surface area (Å²) in [7, 11) is 0. The van der Waals surface area contributed by atoms with Crippen LogP contribution in [0.25, 0.3) is 0 Å². The Hall–Kier alpha value is -1.62. The number of carbonyl (C=O) groups excluding carboxylic acids is 1. The van der Waals surface area contributed by atoms with Gasteiger partial charge in [-0.25, -0.2) is 0 Å². The van der Waals surface area contributed by atoms with Crippen molar-refractivity contribution in [2.45, 2.75) is 45.6 Å². The van der Waals surface area contributed by atoms with E-state index in [-0.39, 0.29) is 11.4 Å². The molecule has 0 atom stereocenters. The lowest BCUT2D eigenvalue weighted by atomic mass is 9.81. The van der Waals surface area contributed by atoms with Crippen LogP contribution < -0.4 is 10.1 Å². The number of likely N-dealkylation sites (tertiary alicyclic amines) is 1. The van der Waals surface area contributed by atoms with Crippen LogP contribution >= 0.6 is 12.2 Å². The van der Waals surface area contributed by atoms with Crippen molar-refractivity contribution in [3.8, 4) is 5.75 Å². The third-order valence-electron chi connectivity index (χ3n) is 4.81. The Labute approximate surface area is 143 Å². The van der Waals surface area contributed by atoms with E-state index in [1.807, 2.05) is 26.8 Å². The molecule has 1 fully saturated rings. The van der Waals surface area contributed by atoms with E-state index in [2.05, 4.69) is 16.3 Å². The van der Waals surface area contributed by atoms with Crippen LogP contribution in [0, 0.1) is 13.8 Å². The van der Waals surface area contributed by atoms with Crippen LogP contribution in [0.2, 0.25) is 0 Å². The van der Waals surface area contributed by atoms with E-state index in [1.54, 1.807) is 0 Å². The number of aryl methyl sites for hydroxylation is 2. The molecular weight excluding hydrogens is 308 g/mol. The third-order valence-corrected chi connectivity index (χ3v) is 5.21. The molecule has 1 saturated heterocycles. The van der Waals surface area contributed by atoms with Gasteiger partial charge >= 0.3 is 0 Å². The molecule has 124 valence electrons. The van der Waals surface area contributed by atoms with Crippen molar-refractivity contribution in [2.24, 2.45) is 0 Å². The number of nitrogens with zero attached hydrogens (tertiary/aromatic N) is 1. The minimum Gasteiger partial charge on any atom is -0.486 e. The summed E-state index contributed by atoms with van der Waals surface area (Å²) in [4.78, 5) is 14.8. The zero-order valence-corrected chi connectivity index (χ0v) is 14.9. The first kappa shape index (κ1) is 16.2. The highest BCUT2D eigenvalue weighted by molar-refractivity contribution is 7.80. The first-order valence-electron chi connectivity index (χ1n) is 8.30. The van der Waals surface area contributed by atoms with Gasteiger partial charge in [-0.15, -0.1) is 0 Å². The average Bonchev–Trinajstić information content (AvgIpc) is 2.50. The Kier molecular flexibility index (Phi) is 4.32. The fourth-order valence-corrected chi connectivity index (χ4v) is 3.92. The van der Waals surface area contributed by atoms with Crippen molar-refractivity contribution in [3.05, 3.63) is 28.8 Å². The van der Waals surface area contributed by atoms with Crippen LogP contribution in [0.15, 0.2) is 12.1 Å². The number of piperidine rings is 1. The molecule has 0 saturated carbocycles. The maximum atomic E-state index is 12.6. The van der Waals surface area contributed by atoms with Crippen molar-refractivity contribution >= 4 is 23.1 Å². The predicted octanol–water partition coefficient (Wildman–Crippen LogP) is 3.00. The molecule has 3 rings (SSSR count). The van der Waals surface area contributed by atoms with E-state index in [1.165, 1.54) is 0 Å². The monoisotopic (exact) mass is 332 g/mol. The second-order valence-corrected chi connectivity index (χ2v) is 7.05. The van der Waals surface area contributed by atoms with Crippen molar-refractivity contribution in [1.82, 2.24) is 10.2 Å². The van der Waals surface area contributed by atoms with Crippen molar-refractivity contribution < 1.29 is 9.53 Å². The third kappa shape index (κ3) is 3.07. The molecule has 0 unspecified atom stereocenters. The average molecular weight is 332 g/mol. The van der Waals surface area contributed by atoms with E-state index in [9.17, 15) is 4.79 Å². The van der Waals surface area contributed by atoms with E-state index in [0.29, 0.717) is 6.42 Å². The number of thiocarbonyl (C=S) groups is 1. The standard InChI is InChI=1S/C18H24N2O2S/c1-4-19-17(23)20-7-5-18(6-8-20)11-15(21)14-10-12(2)9-13(3)16(14)22-18/h9-10H,4-8,11H2,1-3H3,(H,19,23). The first-order chi connectivity index (χ1) is 10.9. The Morgan fingerprint density at radius 1 is 1.35 bits per heavy atom. The number of rotatable bonds is 1. The van der Waals surface area contributed by atoms with E-state index in [4.69, 9.17) is 17.0 Å². The SMILES string of the molecule is CCNC(=S)N1CCC2(CC1)CC(=O)c1cc(C)cc(C)c1O2. The number of hydrogen-bond acceptors (Lipinski definition) is 3. The minimum atomic E-state index is -0.359. The van der Waals surface area contributed by atoms with Gasteiger partial charge in [-0.3, -0.25) is 4.79 Å². The Morgan fingerprint density at radius 3 is 2.70 bits per heavy atom. The first-order valence-corrected chi connectivity index (χ1v) is 8.71. The van der Waals surface area contributed by atoms with Gasteiger partial charge in [0.25, 0.3) is 0 Å². The summed E-state index contributed by atoms with van der Waals surface area (Å²) in [5.41, 5.74) is 2.55. The molecule has 0 radical (unpaired) electrons. The van der Waals surface area contributed by atoms with Crippen LogP contribution in [-0.4, -0.2) is 41.0 Å². The summed E-state index contributed by atoms with van der Waals surface area (Å²) in [5.74, 6) is 0.996. The zero-order valence-electron chi connectivity index (χ0n) is 14.1. The number of ketones is 1. The molecule has 2 aliphatic rings. The molecule has 23 heavy (non-hydrogen) atoms. The molecular formula is C18H24N2O2S. The molecule has 0 bridgehead atoms. The van der Waals surface area contributed by atoms with Crippen LogP contribution in [0.4, 0.5) is 0 Å². The number of Topliss-reactive ketones (excluding diaryl/α,β-unsaturated/α-hetero) is 1. The van der Waals surface area contributed by atoms with Gasteiger partial charge in [0.2, 0.25) is 0 Å². The highest BCUT2D eigenvalue weighted by Gasteiger charge is 2.43. The van der Waals surface area contributed by atoms with E-state index >= 15 is 0 Å². The number of carbonyl (C=O) groups is 1. The Bertz CT molecular complexity index is 649. The van der Waals surface area contributed by atoms with E-state index in [0.717, 1.165) is 60.0 Å². The molecule has 0 aromatic heterocycles. The highest BCUT2D eigenvalue weighted by atomic mass is 32.1. The maximum Gasteiger partial charge on any atom is 0.170 e. The number of ether oxygens (including phenoxy) is 1. The molecule has 1 spiro atoms. The Morgan fingerprint density at radius 2 is 2.04 bits per heavy atom. The zero-order chi connectivity index (χ0) is 16.6. The fraction of sp³-hybridized carbons (Fsp3) is 0.556. The largest absolute Gasteiger partial charge is 0.486 e. The summed E-state index contributed by atoms with van der Waals surface area (Å²) in [6.07, 6.45) is 2.14. The van der Waals surface area contributed by atoms with Crippen LogP contribution in [-0.2, 0) is 0 Å². The van der Waals surface area contributed by atoms with Gasteiger partial charge in [-0.1, -0.05) is 6.07 Å². The second-order valence-electron chi connectivity index (χ2n) is 6.67. The summed E-state index contributed by atoms with van der Waals surface area (Å²) < 4.78 is 6.39. The van der Waals surface area contributed by atoms with Gasteiger partial charge < -0.3 is 15.0 Å². The lowest BCUT2D eigenvalue weighted by Gasteiger charge is -2.45. The minimum absolute atomic E-state index is 0.209. The van der Waals surface area contributed by atoms with Crippen molar-refractivity contribution in [1.29, 1.82) is 0 Å². The molecule has 0 amide bonds. The van der Waals surface area contributed by atoms with Crippen LogP contribution in [0.5, 0.6) is 5.75 Å². The molecule has 0 aliphatic carbocycles. The quantitative estimate of drug-likeness (QED) is 0.801. The molecule has 1 N–H and O–H groups in total. The molecule has 2 heterocycles. The van der Waals surface area contributed by atoms with Crippen LogP contribution in [0.3, 0.4) is 0 Å². The summed E-state index contributed by atoms with van der Waals surface area (Å²) >= 11 is 5.39. The second kappa shape index (κ2) is 6.11. The number of benzene rings is 1. The van der Waals surface area contributed by atoms with Crippen molar-refractivity contribution in [3.63, 3.8) is 0 Å². The molecule has 1 aromatic rings. The van der Waals surface area contributed by atoms with Gasteiger partial charge in [-0.2, -0.15) is 0 Å². The van der Waals surface area contributed by atoms with Gasteiger partial charge in [0.15, 0.2) is 10.9 Å².